The summed E-state index contributed by atoms with van der Waals surface area (Å²) in [5.74, 6) is 0. The SMILES string of the molecule is CCCCCCCCCC(C)(C)c1cccc2cccc(S(=O)(=O)O)c12. The smallest absolute Gasteiger partial charge is 0.282 e. The molecule has 0 unspecified atom stereocenters. The van der Waals surface area contributed by atoms with Gasteiger partial charge in [-0.15, -0.1) is 0 Å². The lowest BCUT2D eigenvalue weighted by molar-refractivity contribution is 0.444. The third-order valence-electron chi connectivity index (χ3n) is 5.28. The maximum Gasteiger partial charge on any atom is 0.295 e. The zero-order valence-electron chi connectivity index (χ0n) is 16.3. The van der Waals surface area contributed by atoms with Crippen LogP contribution in [0.15, 0.2) is 41.3 Å². The molecule has 0 radical (unpaired) electrons. The Kier molecular flexibility index (Phi) is 7.24. The predicted octanol–water partition coefficient (Wildman–Crippen LogP) is 6.50. The zero-order chi connectivity index (χ0) is 19.2. The molecule has 144 valence electrons. The number of fused-ring (bicyclic) bond motifs is 1. The fourth-order valence-corrected chi connectivity index (χ4v) is 4.48. The van der Waals surface area contributed by atoms with Gasteiger partial charge in [0.15, 0.2) is 0 Å². The minimum Gasteiger partial charge on any atom is -0.282 e. The first-order valence-corrected chi connectivity index (χ1v) is 11.2. The Hall–Kier alpha value is -1.39. The fraction of sp³-hybridized carbons (Fsp3) is 0.545. The van der Waals surface area contributed by atoms with E-state index in [1.807, 2.05) is 24.3 Å². The van der Waals surface area contributed by atoms with E-state index < -0.39 is 10.1 Å². The second-order valence-electron chi connectivity index (χ2n) is 7.89. The summed E-state index contributed by atoms with van der Waals surface area (Å²) in [6.07, 6.45) is 9.81. The summed E-state index contributed by atoms with van der Waals surface area (Å²) >= 11 is 0. The van der Waals surface area contributed by atoms with Gasteiger partial charge in [0.1, 0.15) is 4.90 Å². The van der Waals surface area contributed by atoms with Gasteiger partial charge in [-0.3, -0.25) is 4.55 Å². The van der Waals surface area contributed by atoms with Gasteiger partial charge in [-0.2, -0.15) is 8.42 Å². The van der Waals surface area contributed by atoms with Crippen LogP contribution in [0.2, 0.25) is 0 Å². The molecule has 2 aromatic carbocycles. The van der Waals surface area contributed by atoms with Crippen LogP contribution in [0.5, 0.6) is 0 Å². The number of unbranched alkanes of at least 4 members (excludes halogenated alkanes) is 6. The minimum absolute atomic E-state index is 0.0123. The Labute approximate surface area is 158 Å². The molecule has 4 heteroatoms. The minimum atomic E-state index is -4.25. The highest BCUT2D eigenvalue weighted by Crippen LogP contribution is 2.37. The molecule has 0 amide bonds. The van der Waals surface area contributed by atoms with Crippen molar-refractivity contribution in [3.8, 4) is 0 Å². The summed E-state index contributed by atoms with van der Waals surface area (Å²) in [5, 5.41) is 1.51. The lowest BCUT2D eigenvalue weighted by Gasteiger charge is -2.27. The molecule has 0 aliphatic carbocycles. The van der Waals surface area contributed by atoms with Gasteiger partial charge >= 0.3 is 0 Å². The van der Waals surface area contributed by atoms with E-state index in [0.717, 1.165) is 23.8 Å². The monoisotopic (exact) mass is 376 g/mol. The summed E-state index contributed by atoms with van der Waals surface area (Å²) in [6, 6.07) is 10.9. The molecule has 1 N–H and O–H groups in total. The number of benzene rings is 2. The quantitative estimate of drug-likeness (QED) is 0.380. The summed E-state index contributed by atoms with van der Waals surface area (Å²) in [6.45, 7) is 6.56. The van der Waals surface area contributed by atoms with E-state index in [2.05, 4.69) is 20.8 Å². The molecule has 2 aromatic rings. The van der Waals surface area contributed by atoms with Crippen LogP contribution in [0.3, 0.4) is 0 Å². The average molecular weight is 377 g/mol. The predicted molar refractivity (Wildman–Crippen MR) is 109 cm³/mol. The van der Waals surface area contributed by atoms with Gasteiger partial charge < -0.3 is 0 Å². The highest BCUT2D eigenvalue weighted by molar-refractivity contribution is 7.86. The zero-order valence-corrected chi connectivity index (χ0v) is 17.1. The van der Waals surface area contributed by atoms with Crippen molar-refractivity contribution >= 4 is 20.9 Å². The molecule has 0 aliphatic heterocycles. The van der Waals surface area contributed by atoms with E-state index in [-0.39, 0.29) is 10.3 Å². The summed E-state index contributed by atoms with van der Waals surface area (Å²) < 4.78 is 33.4. The van der Waals surface area contributed by atoms with E-state index in [9.17, 15) is 13.0 Å². The largest absolute Gasteiger partial charge is 0.295 e. The second-order valence-corrected chi connectivity index (χ2v) is 9.28. The molecule has 0 fully saturated rings. The van der Waals surface area contributed by atoms with E-state index in [1.54, 1.807) is 6.07 Å². The summed E-state index contributed by atoms with van der Waals surface area (Å²) in [4.78, 5) is 0.0123. The molecule has 0 heterocycles. The molecular weight excluding hydrogens is 344 g/mol. The van der Waals surface area contributed by atoms with Crippen LogP contribution < -0.4 is 0 Å². The van der Waals surface area contributed by atoms with Crippen LogP contribution >= 0.6 is 0 Å². The maximum atomic E-state index is 11.9. The van der Waals surface area contributed by atoms with Gasteiger partial charge in [0, 0.05) is 5.39 Å². The topological polar surface area (TPSA) is 54.4 Å². The molecule has 3 nitrogen and oxygen atoms in total. The van der Waals surface area contributed by atoms with Crippen molar-refractivity contribution in [1.29, 1.82) is 0 Å². The normalized spacial score (nSPS) is 12.6. The van der Waals surface area contributed by atoms with Gasteiger partial charge in [0.2, 0.25) is 0 Å². The van der Waals surface area contributed by atoms with Gasteiger partial charge in [-0.1, -0.05) is 96.0 Å². The fourth-order valence-electron chi connectivity index (χ4n) is 3.74. The van der Waals surface area contributed by atoms with Gasteiger partial charge in [0.25, 0.3) is 10.1 Å². The van der Waals surface area contributed by atoms with Crippen molar-refractivity contribution < 1.29 is 13.0 Å². The second kappa shape index (κ2) is 9.01. The highest BCUT2D eigenvalue weighted by Gasteiger charge is 2.26. The summed E-state index contributed by atoms with van der Waals surface area (Å²) in [7, 11) is -4.25. The highest BCUT2D eigenvalue weighted by atomic mass is 32.2. The molecule has 26 heavy (non-hydrogen) atoms. The number of hydrogen-bond acceptors (Lipinski definition) is 2. The molecule has 0 saturated heterocycles. The lowest BCUT2D eigenvalue weighted by atomic mass is 9.78. The first-order valence-electron chi connectivity index (χ1n) is 9.77. The molecule has 0 bridgehead atoms. The Morgan fingerprint density at radius 1 is 0.885 bits per heavy atom. The van der Waals surface area contributed by atoms with Crippen LogP contribution in [0, 0.1) is 0 Å². The van der Waals surface area contributed by atoms with E-state index in [1.165, 1.54) is 44.6 Å². The van der Waals surface area contributed by atoms with Crippen LogP contribution in [-0.2, 0) is 15.5 Å². The van der Waals surface area contributed by atoms with Crippen molar-refractivity contribution in [1.82, 2.24) is 0 Å². The van der Waals surface area contributed by atoms with Gasteiger partial charge in [-0.25, -0.2) is 0 Å². The van der Waals surface area contributed by atoms with Crippen LogP contribution in [0.25, 0.3) is 10.8 Å². The van der Waals surface area contributed by atoms with Crippen LogP contribution in [0.1, 0.15) is 77.7 Å². The Balaban J connectivity index is 2.20. The summed E-state index contributed by atoms with van der Waals surface area (Å²) in [5.41, 5.74) is 0.846. The van der Waals surface area contributed by atoms with Crippen molar-refractivity contribution in [3.63, 3.8) is 0 Å². The molecule has 0 saturated carbocycles. The Morgan fingerprint density at radius 3 is 2.08 bits per heavy atom. The van der Waals surface area contributed by atoms with Gasteiger partial charge in [0.05, 0.1) is 0 Å². The van der Waals surface area contributed by atoms with E-state index >= 15 is 0 Å². The lowest BCUT2D eigenvalue weighted by Crippen LogP contribution is -2.18. The molecule has 0 atom stereocenters. The van der Waals surface area contributed by atoms with Crippen molar-refractivity contribution in [2.24, 2.45) is 0 Å². The van der Waals surface area contributed by atoms with E-state index in [4.69, 9.17) is 0 Å². The third kappa shape index (κ3) is 5.31. The Bertz CT molecular complexity index is 817. The molecule has 0 aromatic heterocycles. The van der Waals surface area contributed by atoms with Crippen molar-refractivity contribution in [3.05, 3.63) is 42.0 Å². The van der Waals surface area contributed by atoms with Crippen LogP contribution in [0.4, 0.5) is 0 Å². The average Bonchev–Trinajstić information content (AvgIpc) is 2.59. The standard InChI is InChI=1S/C22H32O3S/c1-4-5-6-7-8-9-10-17-22(2,3)19-15-11-13-18-14-12-16-20(21(18)19)26(23,24)25/h11-16H,4-10,17H2,1-3H3,(H,23,24,25). The first kappa shape index (κ1) is 20.9. The van der Waals surface area contributed by atoms with E-state index in [0.29, 0.717) is 5.39 Å². The van der Waals surface area contributed by atoms with Gasteiger partial charge in [-0.05, 0) is 28.9 Å². The maximum absolute atomic E-state index is 11.9. The number of rotatable bonds is 10. The van der Waals surface area contributed by atoms with Crippen molar-refractivity contribution in [2.75, 3.05) is 0 Å². The molecular formula is C22H32O3S. The molecule has 2 rings (SSSR count). The molecule has 0 aliphatic rings. The third-order valence-corrected chi connectivity index (χ3v) is 6.17. The first-order chi connectivity index (χ1) is 12.3. The van der Waals surface area contributed by atoms with Crippen molar-refractivity contribution in [2.45, 2.75) is 82.4 Å². The Morgan fingerprint density at radius 2 is 1.46 bits per heavy atom. The van der Waals surface area contributed by atoms with Crippen LogP contribution in [-0.4, -0.2) is 13.0 Å². The molecule has 0 spiro atoms. The number of hydrogen-bond donors (Lipinski definition) is 1.